The molecule has 0 bridgehead atoms. The van der Waals surface area contributed by atoms with Crippen molar-refractivity contribution in [2.45, 2.75) is 13.0 Å². The summed E-state index contributed by atoms with van der Waals surface area (Å²) in [6.07, 6.45) is 0. The van der Waals surface area contributed by atoms with E-state index >= 15 is 0 Å². The number of thiol groups is 1. The lowest BCUT2D eigenvalue weighted by atomic mass is 10.1. The number of ether oxygens (including phenoxy) is 1. The number of rotatable bonds is 6. The molecule has 18 heavy (non-hydrogen) atoms. The molecule has 0 aliphatic carbocycles. The van der Waals surface area contributed by atoms with Gasteiger partial charge in [-0.3, -0.25) is 4.79 Å². The van der Waals surface area contributed by atoms with E-state index in [0.717, 1.165) is 0 Å². The van der Waals surface area contributed by atoms with Crippen LogP contribution in [0.15, 0.2) is 24.3 Å². The number of carbonyl (C=O) groups is 2. The Kier molecular flexibility index (Phi) is 5.51. The summed E-state index contributed by atoms with van der Waals surface area (Å²) in [4.78, 5) is 22.7. The number of hydrogen-bond acceptors (Lipinski definition) is 4. The summed E-state index contributed by atoms with van der Waals surface area (Å²) in [7, 11) is 0. The minimum Gasteiger partial charge on any atom is -0.493 e. The summed E-state index contributed by atoms with van der Waals surface area (Å²) < 4.78 is 5.31. The molecule has 1 rings (SSSR count). The fourth-order valence-corrected chi connectivity index (χ4v) is 1.60. The maximum absolute atomic E-state index is 11.9. The summed E-state index contributed by atoms with van der Waals surface area (Å²) in [6.45, 7) is 2.24. The highest BCUT2D eigenvalue weighted by molar-refractivity contribution is 7.80. The zero-order valence-electron chi connectivity index (χ0n) is 9.92. The smallest absolute Gasteiger partial charge is 0.327 e. The Hall–Kier alpha value is -1.69. The van der Waals surface area contributed by atoms with Crippen LogP contribution in [0.25, 0.3) is 0 Å². The average molecular weight is 269 g/mol. The first kappa shape index (κ1) is 14.4. The number of carboxylic acid groups (broad SMARTS) is 1. The normalized spacial score (nSPS) is 11.7. The van der Waals surface area contributed by atoms with Crippen molar-refractivity contribution < 1.29 is 19.4 Å². The quantitative estimate of drug-likeness (QED) is 0.678. The zero-order valence-corrected chi connectivity index (χ0v) is 10.8. The van der Waals surface area contributed by atoms with Crippen LogP contribution in [0.5, 0.6) is 5.75 Å². The van der Waals surface area contributed by atoms with E-state index in [-0.39, 0.29) is 5.75 Å². The van der Waals surface area contributed by atoms with Gasteiger partial charge in [-0.05, 0) is 19.1 Å². The molecular weight excluding hydrogens is 254 g/mol. The second-order valence-electron chi connectivity index (χ2n) is 3.48. The van der Waals surface area contributed by atoms with Gasteiger partial charge in [0, 0.05) is 5.75 Å². The Bertz CT molecular complexity index is 436. The third-order valence-electron chi connectivity index (χ3n) is 2.22. The van der Waals surface area contributed by atoms with Gasteiger partial charge >= 0.3 is 5.97 Å². The standard InChI is InChI=1S/C12H15NO4S/c1-2-17-10-6-4-3-5-8(10)11(14)13-9(7-18)12(15)16/h3-6,9,18H,2,7H2,1H3,(H,13,14)(H,15,16)/t9-/m0/s1. The Morgan fingerprint density at radius 2 is 2.11 bits per heavy atom. The number of aliphatic carboxylic acids is 1. The van der Waals surface area contributed by atoms with Crippen molar-refractivity contribution in [1.29, 1.82) is 0 Å². The van der Waals surface area contributed by atoms with Crippen LogP contribution >= 0.6 is 12.6 Å². The van der Waals surface area contributed by atoms with Crippen molar-refractivity contribution in [3.8, 4) is 5.75 Å². The minimum atomic E-state index is -1.12. The molecule has 0 aliphatic heterocycles. The molecular formula is C12H15NO4S. The number of hydrogen-bond donors (Lipinski definition) is 3. The third kappa shape index (κ3) is 3.66. The molecule has 0 heterocycles. The van der Waals surface area contributed by atoms with Crippen LogP contribution in [-0.2, 0) is 4.79 Å². The molecule has 5 nitrogen and oxygen atoms in total. The highest BCUT2D eigenvalue weighted by Crippen LogP contribution is 2.17. The molecule has 1 aromatic carbocycles. The number of nitrogens with one attached hydrogen (secondary N) is 1. The zero-order chi connectivity index (χ0) is 13.5. The van der Waals surface area contributed by atoms with Gasteiger partial charge in [-0.25, -0.2) is 4.79 Å². The van der Waals surface area contributed by atoms with Crippen LogP contribution in [0, 0.1) is 0 Å². The third-order valence-corrected chi connectivity index (χ3v) is 2.58. The van der Waals surface area contributed by atoms with Crippen molar-refractivity contribution >= 4 is 24.5 Å². The summed E-state index contributed by atoms with van der Waals surface area (Å²) in [5.41, 5.74) is 0.312. The van der Waals surface area contributed by atoms with Gasteiger partial charge in [0.05, 0.1) is 12.2 Å². The van der Waals surface area contributed by atoms with Gasteiger partial charge < -0.3 is 15.2 Å². The molecule has 0 radical (unpaired) electrons. The number of amides is 1. The SMILES string of the molecule is CCOc1ccccc1C(=O)N[C@@H](CS)C(=O)O. The lowest BCUT2D eigenvalue weighted by Gasteiger charge is -2.14. The van der Waals surface area contributed by atoms with Gasteiger partial charge in [-0.2, -0.15) is 12.6 Å². The van der Waals surface area contributed by atoms with Gasteiger partial charge in [0.25, 0.3) is 5.91 Å². The number of para-hydroxylation sites is 1. The maximum Gasteiger partial charge on any atom is 0.327 e. The van der Waals surface area contributed by atoms with Gasteiger partial charge in [-0.15, -0.1) is 0 Å². The van der Waals surface area contributed by atoms with Crippen LogP contribution in [0.2, 0.25) is 0 Å². The number of carbonyl (C=O) groups excluding carboxylic acids is 1. The van der Waals surface area contributed by atoms with Gasteiger partial charge in [0.2, 0.25) is 0 Å². The first-order valence-corrected chi connectivity index (χ1v) is 6.09. The molecule has 0 unspecified atom stereocenters. The molecule has 1 atom stereocenters. The van der Waals surface area contributed by atoms with Gasteiger partial charge in [0.1, 0.15) is 11.8 Å². The molecule has 0 aliphatic rings. The van der Waals surface area contributed by atoms with E-state index in [4.69, 9.17) is 9.84 Å². The summed E-state index contributed by atoms with van der Waals surface area (Å²) in [6, 6.07) is 5.66. The van der Waals surface area contributed by atoms with Crippen molar-refractivity contribution in [1.82, 2.24) is 5.32 Å². The van der Waals surface area contributed by atoms with Gasteiger partial charge in [0.15, 0.2) is 0 Å². The van der Waals surface area contributed by atoms with Crippen LogP contribution < -0.4 is 10.1 Å². The predicted octanol–water partition coefficient (Wildman–Crippen LogP) is 1.20. The monoisotopic (exact) mass is 269 g/mol. The molecule has 0 fully saturated rings. The Labute approximate surface area is 111 Å². The maximum atomic E-state index is 11.9. The van der Waals surface area contributed by atoms with E-state index in [1.165, 1.54) is 0 Å². The van der Waals surface area contributed by atoms with Crippen LogP contribution in [0.3, 0.4) is 0 Å². The molecule has 2 N–H and O–H groups in total. The Balaban J connectivity index is 2.86. The van der Waals surface area contributed by atoms with E-state index in [9.17, 15) is 9.59 Å². The Morgan fingerprint density at radius 3 is 2.67 bits per heavy atom. The van der Waals surface area contributed by atoms with Crippen LogP contribution in [0.1, 0.15) is 17.3 Å². The highest BCUT2D eigenvalue weighted by Gasteiger charge is 2.20. The summed E-state index contributed by atoms with van der Waals surface area (Å²) >= 11 is 3.88. The van der Waals surface area contributed by atoms with E-state index in [1.54, 1.807) is 24.3 Å². The molecule has 0 saturated heterocycles. The van der Waals surface area contributed by atoms with Crippen molar-refractivity contribution in [2.75, 3.05) is 12.4 Å². The molecule has 98 valence electrons. The first-order valence-electron chi connectivity index (χ1n) is 5.46. The largest absolute Gasteiger partial charge is 0.493 e. The lowest BCUT2D eigenvalue weighted by molar-refractivity contribution is -0.138. The lowest BCUT2D eigenvalue weighted by Crippen LogP contribution is -2.42. The minimum absolute atomic E-state index is 0.0257. The molecule has 0 saturated carbocycles. The molecule has 1 aromatic rings. The first-order chi connectivity index (χ1) is 8.60. The van der Waals surface area contributed by atoms with Crippen LogP contribution in [0.4, 0.5) is 0 Å². The van der Waals surface area contributed by atoms with Gasteiger partial charge in [-0.1, -0.05) is 12.1 Å². The van der Waals surface area contributed by atoms with E-state index in [0.29, 0.717) is 17.9 Å². The van der Waals surface area contributed by atoms with Crippen molar-refractivity contribution in [3.63, 3.8) is 0 Å². The van der Waals surface area contributed by atoms with Crippen molar-refractivity contribution in [2.24, 2.45) is 0 Å². The molecule has 1 amide bonds. The topological polar surface area (TPSA) is 75.6 Å². The molecule has 6 heteroatoms. The Morgan fingerprint density at radius 1 is 1.44 bits per heavy atom. The number of benzene rings is 1. The highest BCUT2D eigenvalue weighted by atomic mass is 32.1. The second kappa shape index (κ2) is 6.90. The predicted molar refractivity (Wildman–Crippen MR) is 70.4 cm³/mol. The fourth-order valence-electron chi connectivity index (χ4n) is 1.36. The second-order valence-corrected chi connectivity index (χ2v) is 3.84. The summed E-state index contributed by atoms with van der Waals surface area (Å²) in [5.74, 6) is -1.15. The molecule has 0 spiro atoms. The van der Waals surface area contributed by atoms with Crippen LogP contribution in [-0.4, -0.2) is 35.4 Å². The summed E-state index contributed by atoms with van der Waals surface area (Å²) in [5, 5.41) is 11.2. The van der Waals surface area contributed by atoms with E-state index in [2.05, 4.69) is 17.9 Å². The van der Waals surface area contributed by atoms with Crippen molar-refractivity contribution in [3.05, 3.63) is 29.8 Å². The molecule has 0 aromatic heterocycles. The average Bonchev–Trinajstić information content (AvgIpc) is 2.36. The fraction of sp³-hybridized carbons (Fsp3) is 0.333. The van der Waals surface area contributed by atoms with E-state index < -0.39 is 17.9 Å². The number of carboxylic acids is 1. The van der Waals surface area contributed by atoms with E-state index in [1.807, 2.05) is 6.92 Å².